The van der Waals surface area contributed by atoms with Crippen molar-refractivity contribution in [2.24, 2.45) is 0 Å². The van der Waals surface area contributed by atoms with E-state index < -0.39 is 0 Å². The molecule has 1 aromatic carbocycles. The number of nitrogens with one attached hydrogen (secondary N) is 1. The van der Waals surface area contributed by atoms with Crippen molar-refractivity contribution in [3.05, 3.63) is 46.3 Å². The van der Waals surface area contributed by atoms with Crippen molar-refractivity contribution in [3.63, 3.8) is 0 Å². The Balaban J connectivity index is 1.49. The van der Waals surface area contributed by atoms with Crippen LogP contribution in [0.5, 0.6) is 0 Å². The fraction of sp³-hybridized carbons (Fsp3) is 0.571. The molecular weight excluding hydrogens is 340 g/mol. The summed E-state index contributed by atoms with van der Waals surface area (Å²) < 4.78 is 1.59. The van der Waals surface area contributed by atoms with Gasteiger partial charge in [-0.2, -0.15) is 0 Å². The Morgan fingerprint density at radius 1 is 1.26 bits per heavy atom. The molecule has 6 nitrogen and oxygen atoms in total. The molecule has 146 valence electrons. The molecule has 1 aliphatic carbocycles. The van der Waals surface area contributed by atoms with Crippen LogP contribution in [0.25, 0.3) is 0 Å². The van der Waals surface area contributed by atoms with E-state index in [1.165, 1.54) is 22.3 Å². The summed E-state index contributed by atoms with van der Waals surface area (Å²) in [6.07, 6.45) is 6.07. The molecular formula is C21H30N4O2. The highest BCUT2D eigenvalue weighted by Crippen LogP contribution is 2.31. The number of benzene rings is 1. The molecule has 0 saturated heterocycles. The lowest BCUT2D eigenvalue weighted by Crippen LogP contribution is -2.29. The predicted octanol–water partition coefficient (Wildman–Crippen LogP) is 2.58. The molecule has 1 heterocycles. The molecule has 0 bridgehead atoms. The molecule has 2 N–H and O–H groups in total. The van der Waals surface area contributed by atoms with E-state index in [-0.39, 0.29) is 24.5 Å². The average molecular weight is 370 g/mol. The third-order valence-corrected chi connectivity index (χ3v) is 5.46. The van der Waals surface area contributed by atoms with Crippen LogP contribution in [0.1, 0.15) is 59.5 Å². The van der Waals surface area contributed by atoms with Gasteiger partial charge in [0.2, 0.25) is 5.91 Å². The number of hydrogen-bond donors (Lipinski definition) is 2. The molecule has 6 heteroatoms. The topological polar surface area (TPSA) is 80.0 Å². The van der Waals surface area contributed by atoms with Crippen molar-refractivity contribution in [3.8, 4) is 0 Å². The molecule has 2 atom stereocenters. The van der Waals surface area contributed by atoms with Gasteiger partial charge in [0.15, 0.2) is 0 Å². The summed E-state index contributed by atoms with van der Waals surface area (Å²) >= 11 is 0. The van der Waals surface area contributed by atoms with Crippen LogP contribution in [0, 0.1) is 20.8 Å². The Kier molecular flexibility index (Phi) is 6.26. The van der Waals surface area contributed by atoms with Crippen LogP contribution in [-0.4, -0.2) is 38.7 Å². The summed E-state index contributed by atoms with van der Waals surface area (Å²) in [5.74, 6) is 0.190. The normalized spacial score (nSPS) is 19.9. The average Bonchev–Trinajstić information content (AvgIpc) is 3.05. The number of aliphatic hydroxyl groups is 1. The van der Waals surface area contributed by atoms with Crippen LogP contribution in [0.3, 0.4) is 0 Å². The number of carbonyl (C=O) groups excluding carboxylic acids is 1. The van der Waals surface area contributed by atoms with Crippen LogP contribution >= 0.6 is 0 Å². The Morgan fingerprint density at radius 3 is 2.70 bits per heavy atom. The van der Waals surface area contributed by atoms with Gasteiger partial charge in [-0.25, -0.2) is 4.68 Å². The third kappa shape index (κ3) is 5.16. The first kappa shape index (κ1) is 19.5. The van der Waals surface area contributed by atoms with Gasteiger partial charge in [-0.1, -0.05) is 29.3 Å². The lowest BCUT2D eigenvalue weighted by molar-refractivity contribution is -0.121. The maximum absolute atomic E-state index is 12.2. The van der Waals surface area contributed by atoms with Crippen molar-refractivity contribution in [2.75, 3.05) is 6.54 Å². The smallest absolute Gasteiger partial charge is 0.241 e. The molecule has 1 aromatic heterocycles. The summed E-state index contributed by atoms with van der Waals surface area (Å²) in [4.78, 5) is 12.2. The number of hydrogen-bond acceptors (Lipinski definition) is 4. The number of rotatable bonds is 6. The fourth-order valence-electron chi connectivity index (χ4n) is 4.14. The summed E-state index contributed by atoms with van der Waals surface area (Å²) in [5, 5.41) is 21.1. The lowest BCUT2D eigenvalue weighted by atomic mass is 9.85. The van der Waals surface area contributed by atoms with Crippen LogP contribution in [-0.2, 0) is 17.8 Å². The van der Waals surface area contributed by atoms with Gasteiger partial charge in [-0.3, -0.25) is 4.79 Å². The van der Waals surface area contributed by atoms with E-state index in [0.29, 0.717) is 6.54 Å². The highest BCUT2D eigenvalue weighted by molar-refractivity contribution is 5.75. The number of carbonyl (C=O) groups is 1. The van der Waals surface area contributed by atoms with Crippen LogP contribution in [0.15, 0.2) is 18.3 Å². The van der Waals surface area contributed by atoms with Crippen LogP contribution in [0.4, 0.5) is 0 Å². The second-order valence-corrected chi connectivity index (χ2v) is 7.84. The van der Waals surface area contributed by atoms with E-state index in [1.54, 1.807) is 4.68 Å². The van der Waals surface area contributed by atoms with Gasteiger partial charge in [0.05, 0.1) is 11.8 Å². The second-order valence-electron chi connectivity index (χ2n) is 7.84. The monoisotopic (exact) mass is 370 g/mol. The summed E-state index contributed by atoms with van der Waals surface area (Å²) in [5.41, 5.74) is 6.01. The summed E-state index contributed by atoms with van der Waals surface area (Å²) in [7, 11) is 0. The Labute approximate surface area is 161 Å². The molecule has 1 aliphatic rings. The number of nitrogens with zero attached hydrogens (tertiary/aromatic N) is 3. The SMILES string of the molecule is Cc1cc(C)c(CCNC(=O)Cn2cc(C3CCCC(O)C3)nn2)c(C)c1. The van der Waals surface area contributed by atoms with Gasteiger partial charge in [-0.15, -0.1) is 5.10 Å². The van der Waals surface area contributed by atoms with Gasteiger partial charge in [0, 0.05) is 18.7 Å². The van der Waals surface area contributed by atoms with Crippen molar-refractivity contribution >= 4 is 5.91 Å². The van der Waals surface area contributed by atoms with Gasteiger partial charge >= 0.3 is 0 Å². The zero-order valence-electron chi connectivity index (χ0n) is 16.5. The molecule has 27 heavy (non-hydrogen) atoms. The molecule has 2 unspecified atom stereocenters. The molecule has 0 spiro atoms. The van der Waals surface area contributed by atoms with Crippen molar-refractivity contribution in [1.29, 1.82) is 0 Å². The largest absolute Gasteiger partial charge is 0.393 e. The standard InChI is InChI=1S/C21H30N4O2/c1-14-9-15(2)19(16(3)10-14)7-8-22-21(27)13-25-12-20(23-24-25)17-5-4-6-18(26)11-17/h9-10,12,17-18,26H,4-8,11,13H2,1-3H3,(H,22,27). The third-order valence-electron chi connectivity index (χ3n) is 5.46. The van der Waals surface area contributed by atoms with E-state index in [4.69, 9.17) is 0 Å². The van der Waals surface area contributed by atoms with Crippen molar-refractivity contribution < 1.29 is 9.90 Å². The minimum Gasteiger partial charge on any atom is -0.393 e. The first-order chi connectivity index (χ1) is 12.9. The molecule has 1 saturated carbocycles. The van der Waals surface area contributed by atoms with Crippen molar-refractivity contribution in [1.82, 2.24) is 20.3 Å². The Hall–Kier alpha value is -2.21. The van der Waals surface area contributed by atoms with Crippen LogP contribution in [0.2, 0.25) is 0 Å². The fourth-order valence-corrected chi connectivity index (χ4v) is 4.14. The zero-order chi connectivity index (χ0) is 19.4. The Bertz CT molecular complexity index is 776. The number of aliphatic hydroxyl groups excluding tert-OH is 1. The highest BCUT2D eigenvalue weighted by atomic mass is 16.3. The molecule has 1 fully saturated rings. The Morgan fingerprint density at radius 2 is 2.00 bits per heavy atom. The van der Waals surface area contributed by atoms with E-state index in [9.17, 15) is 9.90 Å². The molecule has 1 amide bonds. The maximum atomic E-state index is 12.2. The summed E-state index contributed by atoms with van der Waals surface area (Å²) in [6, 6.07) is 4.37. The minimum atomic E-state index is -0.245. The van der Waals surface area contributed by atoms with E-state index in [0.717, 1.165) is 37.8 Å². The van der Waals surface area contributed by atoms with Gasteiger partial charge < -0.3 is 10.4 Å². The highest BCUT2D eigenvalue weighted by Gasteiger charge is 2.24. The molecule has 2 aromatic rings. The number of aromatic nitrogens is 3. The zero-order valence-corrected chi connectivity index (χ0v) is 16.5. The second kappa shape index (κ2) is 8.65. The maximum Gasteiger partial charge on any atom is 0.241 e. The van der Waals surface area contributed by atoms with Gasteiger partial charge in [-0.05, 0) is 63.1 Å². The number of amides is 1. The first-order valence-corrected chi connectivity index (χ1v) is 9.84. The lowest BCUT2D eigenvalue weighted by Gasteiger charge is -2.23. The van der Waals surface area contributed by atoms with E-state index >= 15 is 0 Å². The summed E-state index contributed by atoms with van der Waals surface area (Å²) in [6.45, 7) is 7.13. The van der Waals surface area contributed by atoms with Crippen molar-refractivity contribution in [2.45, 2.75) is 71.4 Å². The van der Waals surface area contributed by atoms with Crippen LogP contribution < -0.4 is 5.32 Å². The van der Waals surface area contributed by atoms with Gasteiger partial charge in [0.1, 0.15) is 6.54 Å². The number of aryl methyl sites for hydroxylation is 3. The predicted molar refractivity (Wildman–Crippen MR) is 105 cm³/mol. The van der Waals surface area contributed by atoms with E-state index in [2.05, 4.69) is 48.5 Å². The first-order valence-electron chi connectivity index (χ1n) is 9.84. The van der Waals surface area contributed by atoms with Gasteiger partial charge in [0.25, 0.3) is 0 Å². The minimum absolute atomic E-state index is 0.0578. The molecule has 0 aliphatic heterocycles. The van der Waals surface area contributed by atoms with E-state index in [1.807, 2.05) is 6.20 Å². The molecule has 3 rings (SSSR count). The quantitative estimate of drug-likeness (QED) is 0.819. The molecule has 0 radical (unpaired) electrons.